The van der Waals surface area contributed by atoms with E-state index < -0.39 is 5.60 Å². The number of nitrogens with one attached hydrogen (secondary N) is 1. The third-order valence-corrected chi connectivity index (χ3v) is 5.25. The van der Waals surface area contributed by atoms with Gasteiger partial charge in [-0.05, 0) is 45.0 Å². The Morgan fingerprint density at radius 2 is 2.00 bits per heavy atom. The molecule has 4 rings (SSSR count). The minimum absolute atomic E-state index is 0.338. The highest BCUT2D eigenvalue weighted by Gasteiger charge is 2.20. The number of nitrogens with zero attached hydrogens (tertiary/aromatic N) is 3. The molecule has 148 valence electrons. The molecular formula is C21H19ClN4O2S. The largest absolute Gasteiger partial charge is 0.456 e. The Labute approximate surface area is 177 Å². The Kier molecular flexibility index (Phi) is 5.02. The van der Waals surface area contributed by atoms with E-state index in [0.717, 1.165) is 22.3 Å². The number of hydrogen-bond donors (Lipinski definition) is 1. The predicted octanol–water partition coefficient (Wildman–Crippen LogP) is 5.83. The quantitative estimate of drug-likeness (QED) is 0.415. The van der Waals surface area contributed by atoms with Gasteiger partial charge in [-0.3, -0.25) is 0 Å². The molecule has 6 nitrogen and oxygen atoms in total. The standard InChI is InChI=1S/C21H19ClN4O2S/c1-21(2,3)28-20(27)18-9-14(12-29-18)26-17-11-23-19(8-13(17)10-24-26)25-16-7-5-4-6-15(16)22/h4-12H,1-3H3,(H,23,25). The summed E-state index contributed by atoms with van der Waals surface area (Å²) in [6.07, 6.45) is 3.51. The zero-order valence-electron chi connectivity index (χ0n) is 16.1. The first-order chi connectivity index (χ1) is 13.8. The maximum absolute atomic E-state index is 12.3. The van der Waals surface area contributed by atoms with Crippen LogP contribution < -0.4 is 5.32 Å². The van der Waals surface area contributed by atoms with Gasteiger partial charge in [-0.1, -0.05) is 23.7 Å². The molecule has 3 heterocycles. The van der Waals surface area contributed by atoms with E-state index in [1.54, 1.807) is 23.1 Å². The van der Waals surface area contributed by atoms with Crippen molar-refractivity contribution in [1.82, 2.24) is 14.8 Å². The van der Waals surface area contributed by atoms with Gasteiger partial charge in [0.25, 0.3) is 0 Å². The van der Waals surface area contributed by atoms with Crippen molar-refractivity contribution in [3.63, 3.8) is 0 Å². The summed E-state index contributed by atoms with van der Waals surface area (Å²) in [5, 5.41) is 11.1. The smallest absolute Gasteiger partial charge is 0.348 e. The second-order valence-corrected chi connectivity index (χ2v) is 8.78. The number of fused-ring (bicyclic) bond motifs is 1. The van der Waals surface area contributed by atoms with E-state index in [1.807, 2.05) is 56.5 Å². The SMILES string of the molecule is CC(C)(C)OC(=O)c1cc(-n2ncc3cc(Nc4ccccc4Cl)ncc32)cs1. The Morgan fingerprint density at radius 3 is 2.76 bits per heavy atom. The average molecular weight is 427 g/mol. The highest BCUT2D eigenvalue weighted by molar-refractivity contribution is 7.12. The van der Waals surface area contributed by atoms with Gasteiger partial charge in [0, 0.05) is 10.8 Å². The highest BCUT2D eigenvalue weighted by atomic mass is 35.5. The van der Waals surface area contributed by atoms with E-state index in [-0.39, 0.29) is 5.97 Å². The fourth-order valence-electron chi connectivity index (χ4n) is 2.77. The molecule has 0 saturated carbocycles. The lowest BCUT2D eigenvalue weighted by Gasteiger charge is -2.18. The van der Waals surface area contributed by atoms with Gasteiger partial charge in [0.15, 0.2) is 0 Å². The number of anilines is 2. The maximum Gasteiger partial charge on any atom is 0.348 e. The molecule has 3 aromatic heterocycles. The molecule has 0 atom stereocenters. The number of para-hydroxylation sites is 1. The van der Waals surface area contributed by atoms with Gasteiger partial charge in [0.05, 0.1) is 34.3 Å². The summed E-state index contributed by atoms with van der Waals surface area (Å²) in [5.74, 6) is 0.333. The number of ether oxygens (including phenoxy) is 1. The minimum Gasteiger partial charge on any atom is -0.456 e. The molecular weight excluding hydrogens is 408 g/mol. The molecule has 0 bridgehead atoms. The van der Waals surface area contributed by atoms with Crippen LogP contribution in [0, 0.1) is 0 Å². The third kappa shape index (κ3) is 4.26. The first-order valence-electron chi connectivity index (χ1n) is 8.98. The molecule has 0 aliphatic heterocycles. The number of benzene rings is 1. The van der Waals surface area contributed by atoms with Crippen LogP contribution in [-0.4, -0.2) is 26.3 Å². The van der Waals surface area contributed by atoms with Crippen LogP contribution in [-0.2, 0) is 4.74 Å². The number of hydrogen-bond acceptors (Lipinski definition) is 6. The number of rotatable bonds is 4. The lowest BCUT2D eigenvalue weighted by atomic mass is 10.2. The summed E-state index contributed by atoms with van der Waals surface area (Å²) in [6.45, 7) is 5.54. The van der Waals surface area contributed by atoms with Crippen LogP contribution in [0.1, 0.15) is 30.4 Å². The van der Waals surface area contributed by atoms with Crippen molar-refractivity contribution in [3.05, 3.63) is 64.1 Å². The summed E-state index contributed by atoms with van der Waals surface area (Å²) in [4.78, 5) is 17.3. The lowest BCUT2D eigenvalue weighted by molar-refractivity contribution is 0.00752. The normalized spacial score (nSPS) is 11.6. The number of aromatic nitrogens is 3. The second-order valence-electron chi connectivity index (χ2n) is 7.46. The van der Waals surface area contributed by atoms with Crippen LogP contribution in [0.4, 0.5) is 11.5 Å². The number of thiophene rings is 1. The van der Waals surface area contributed by atoms with Crippen LogP contribution in [0.3, 0.4) is 0 Å². The number of esters is 1. The molecule has 1 N–H and O–H groups in total. The van der Waals surface area contributed by atoms with E-state index in [4.69, 9.17) is 16.3 Å². The summed E-state index contributed by atoms with van der Waals surface area (Å²) in [7, 11) is 0. The number of pyridine rings is 1. The Balaban J connectivity index is 1.60. The summed E-state index contributed by atoms with van der Waals surface area (Å²) < 4.78 is 7.19. The Bertz CT molecular complexity index is 1190. The summed E-state index contributed by atoms with van der Waals surface area (Å²) in [5.41, 5.74) is 1.88. The highest BCUT2D eigenvalue weighted by Crippen LogP contribution is 2.28. The second kappa shape index (κ2) is 7.50. The van der Waals surface area contributed by atoms with E-state index >= 15 is 0 Å². The lowest BCUT2D eigenvalue weighted by Crippen LogP contribution is -2.23. The van der Waals surface area contributed by atoms with E-state index in [0.29, 0.717) is 15.7 Å². The topological polar surface area (TPSA) is 69.0 Å². The molecule has 0 unspecified atom stereocenters. The van der Waals surface area contributed by atoms with Gasteiger partial charge < -0.3 is 10.1 Å². The van der Waals surface area contributed by atoms with Gasteiger partial charge in [0.2, 0.25) is 0 Å². The fourth-order valence-corrected chi connectivity index (χ4v) is 3.70. The van der Waals surface area contributed by atoms with Crippen LogP contribution in [0.5, 0.6) is 0 Å². The van der Waals surface area contributed by atoms with Gasteiger partial charge >= 0.3 is 5.97 Å². The van der Waals surface area contributed by atoms with Crippen molar-refractivity contribution in [3.8, 4) is 5.69 Å². The predicted molar refractivity (Wildman–Crippen MR) is 117 cm³/mol. The number of halogens is 1. The van der Waals surface area contributed by atoms with Crippen molar-refractivity contribution < 1.29 is 9.53 Å². The summed E-state index contributed by atoms with van der Waals surface area (Å²) >= 11 is 7.53. The zero-order valence-corrected chi connectivity index (χ0v) is 17.7. The molecule has 4 aromatic rings. The maximum atomic E-state index is 12.3. The van der Waals surface area contributed by atoms with E-state index in [1.165, 1.54) is 11.3 Å². The van der Waals surface area contributed by atoms with Crippen molar-refractivity contribution in [1.29, 1.82) is 0 Å². The molecule has 1 aromatic carbocycles. The average Bonchev–Trinajstić information content (AvgIpc) is 3.28. The molecule has 0 aliphatic rings. The fraction of sp³-hybridized carbons (Fsp3) is 0.190. The van der Waals surface area contributed by atoms with Gasteiger partial charge in [-0.25, -0.2) is 14.5 Å². The van der Waals surface area contributed by atoms with Crippen molar-refractivity contribution in [2.45, 2.75) is 26.4 Å². The van der Waals surface area contributed by atoms with E-state index in [2.05, 4.69) is 15.4 Å². The van der Waals surface area contributed by atoms with Crippen LogP contribution in [0.2, 0.25) is 5.02 Å². The number of carbonyl (C=O) groups is 1. The molecule has 0 radical (unpaired) electrons. The minimum atomic E-state index is -0.533. The molecule has 0 amide bonds. The van der Waals surface area contributed by atoms with Crippen LogP contribution in [0.15, 0.2) is 54.2 Å². The third-order valence-electron chi connectivity index (χ3n) is 4.02. The molecule has 29 heavy (non-hydrogen) atoms. The molecule has 0 saturated heterocycles. The summed E-state index contributed by atoms with van der Waals surface area (Å²) in [6, 6.07) is 11.2. The van der Waals surface area contributed by atoms with Crippen molar-refractivity contribution in [2.75, 3.05) is 5.32 Å². The van der Waals surface area contributed by atoms with Crippen LogP contribution >= 0.6 is 22.9 Å². The molecule has 0 spiro atoms. The van der Waals surface area contributed by atoms with E-state index in [9.17, 15) is 4.79 Å². The molecule has 0 fully saturated rings. The first-order valence-corrected chi connectivity index (χ1v) is 10.2. The van der Waals surface area contributed by atoms with Crippen molar-refractivity contribution in [2.24, 2.45) is 0 Å². The molecule has 0 aliphatic carbocycles. The van der Waals surface area contributed by atoms with Crippen molar-refractivity contribution >= 4 is 51.3 Å². The Morgan fingerprint density at radius 1 is 1.21 bits per heavy atom. The van der Waals surface area contributed by atoms with Crippen LogP contribution in [0.25, 0.3) is 16.6 Å². The monoisotopic (exact) mass is 426 g/mol. The first kappa shape index (κ1) is 19.4. The van der Waals surface area contributed by atoms with Gasteiger partial charge in [0.1, 0.15) is 16.3 Å². The zero-order chi connectivity index (χ0) is 20.6. The van der Waals surface area contributed by atoms with Gasteiger partial charge in [-0.15, -0.1) is 11.3 Å². The number of carbonyl (C=O) groups excluding carboxylic acids is 1. The molecule has 8 heteroatoms. The van der Waals surface area contributed by atoms with Gasteiger partial charge in [-0.2, -0.15) is 5.10 Å². The Hall–Kier alpha value is -2.90.